The number of hydrogen-bond acceptors (Lipinski definition) is 2. The van der Waals surface area contributed by atoms with E-state index in [1.165, 1.54) is 0 Å². The van der Waals surface area contributed by atoms with Crippen molar-refractivity contribution >= 4 is 5.91 Å². The highest BCUT2D eigenvalue weighted by Crippen LogP contribution is 2.24. The van der Waals surface area contributed by atoms with Crippen LogP contribution >= 0.6 is 0 Å². The fourth-order valence-corrected chi connectivity index (χ4v) is 2.57. The molecule has 23 heavy (non-hydrogen) atoms. The van der Waals surface area contributed by atoms with Gasteiger partial charge in [0, 0.05) is 6.54 Å². The van der Waals surface area contributed by atoms with Crippen LogP contribution in [0.2, 0.25) is 0 Å². The quantitative estimate of drug-likeness (QED) is 0.824. The molecule has 0 aliphatic carbocycles. The first-order chi connectivity index (χ1) is 11.1. The Hall–Kier alpha value is -2.13. The van der Waals surface area contributed by atoms with E-state index in [2.05, 4.69) is 5.32 Å². The van der Waals surface area contributed by atoms with Gasteiger partial charge in [-0.05, 0) is 17.0 Å². The van der Waals surface area contributed by atoms with Crippen LogP contribution in [0.1, 0.15) is 37.3 Å². The molecular formula is C20H25NO2. The lowest BCUT2D eigenvalue weighted by molar-refractivity contribution is -0.122. The largest absolute Gasteiger partial charge is 0.391 e. The van der Waals surface area contributed by atoms with Gasteiger partial charge >= 0.3 is 0 Å². The van der Waals surface area contributed by atoms with E-state index in [-0.39, 0.29) is 24.3 Å². The Balaban J connectivity index is 2.16. The maximum Gasteiger partial charge on any atom is 0.232 e. The Morgan fingerprint density at radius 1 is 1.00 bits per heavy atom. The summed E-state index contributed by atoms with van der Waals surface area (Å²) in [7, 11) is 0. The minimum atomic E-state index is -0.517. The number of carbonyl (C=O) groups excluding carboxylic acids is 1. The van der Waals surface area contributed by atoms with Crippen LogP contribution < -0.4 is 5.32 Å². The van der Waals surface area contributed by atoms with Gasteiger partial charge in [0.15, 0.2) is 0 Å². The van der Waals surface area contributed by atoms with Gasteiger partial charge in [0.05, 0.1) is 12.0 Å². The van der Waals surface area contributed by atoms with E-state index in [0.29, 0.717) is 0 Å². The smallest absolute Gasteiger partial charge is 0.232 e. The third kappa shape index (κ3) is 4.67. The fourth-order valence-electron chi connectivity index (χ4n) is 2.57. The monoisotopic (exact) mass is 311 g/mol. The molecule has 0 aliphatic rings. The van der Waals surface area contributed by atoms with Crippen LogP contribution in [0.5, 0.6) is 0 Å². The molecule has 2 unspecified atom stereocenters. The number of nitrogens with one attached hydrogen (secondary N) is 1. The average molecular weight is 311 g/mol. The zero-order valence-corrected chi connectivity index (χ0v) is 13.8. The number of amides is 1. The lowest BCUT2D eigenvalue weighted by Gasteiger charge is -2.21. The minimum absolute atomic E-state index is 0.0789. The normalized spacial score (nSPS) is 13.6. The second kappa shape index (κ2) is 8.49. The number of aliphatic hydroxyl groups is 1. The van der Waals surface area contributed by atoms with Crippen LogP contribution in [0.3, 0.4) is 0 Å². The van der Waals surface area contributed by atoms with E-state index in [9.17, 15) is 9.90 Å². The topological polar surface area (TPSA) is 49.3 Å². The van der Waals surface area contributed by atoms with Gasteiger partial charge in [-0.15, -0.1) is 0 Å². The summed E-state index contributed by atoms with van der Waals surface area (Å²) >= 11 is 0. The highest BCUT2D eigenvalue weighted by atomic mass is 16.3. The molecule has 0 heterocycles. The average Bonchev–Trinajstić information content (AvgIpc) is 2.61. The molecule has 0 radical (unpaired) electrons. The number of benzene rings is 2. The van der Waals surface area contributed by atoms with Gasteiger partial charge in [0.2, 0.25) is 5.91 Å². The molecule has 2 aromatic carbocycles. The standard InChI is InChI=1S/C20H25NO2/c1-3-15(2)18(22)14-21-20(23)19(16-10-6-4-7-11-16)17-12-8-5-9-13-17/h4-13,15,18-19,22H,3,14H2,1-2H3,(H,21,23). The Morgan fingerprint density at radius 2 is 1.48 bits per heavy atom. The first kappa shape index (κ1) is 17.2. The fraction of sp³-hybridized carbons (Fsp3) is 0.350. The van der Waals surface area contributed by atoms with Gasteiger partial charge < -0.3 is 10.4 Å². The Morgan fingerprint density at radius 3 is 1.91 bits per heavy atom. The van der Waals surface area contributed by atoms with E-state index in [0.717, 1.165) is 17.5 Å². The van der Waals surface area contributed by atoms with Crippen molar-refractivity contribution in [3.05, 3.63) is 71.8 Å². The lowest BCUT2D eigenvalue weighted by atomic mass is 9.90. The van der Waals surface area contributed by atoms with Crippen molar-refractivity contribution in [1.29, 1.82) is 0 Å². The van der Waals surface area contributed by atoms with Gasteiger partial charge in [0.25, 0.3) is 0 Å². The molecule has 3 heteroatoms. The summed E-state index contributed by atoms with van der Waals surface area (Å²) in [4.78, 5) is 12.7. The Bertz CT molecular complexity index is 558. The molecule has 0 aliphatic heterocycles. The van der Waals surface area contributed by atoms with Crippen LogP contribution in [-0.4, -0.2) is 23.7 Å². The summed E-state index contributed by atoms with van der Waals surface area (Å²) in [6.07, 6.45) is 0.369. The predicted molar refractivity (Wildman–Crippen MR) is 93.2 cm³/mol. The molecule has 0 saturated heterocycles. The van der Waals surface area contributed by atoms with Crippen molar-refractivity contribution in [1.82, 2.24) is 5.32 Å². The van der Waals surface area contributed by atoms with E-state index in [4.69, 9.17) is 0 Å². The Kier molecular flexibility index (Phi) is 6.36. The third-order valence-electron chi connectivity index (χ3n) is 4.31. The van der Waals surface area contributed by atoms with E-state index in [1.807, 2.05) is 74.5 Å². The van der Waals surface area contributed by atoms with Crippen molar-refractivity contribution < 1.29 is 9.90 Å². The molecule has 0 spiro atoms. The van der Waals surface area contributed by atoms with Crippen molar-refractivity contribution in [2.24, 2.45) is 5.92 Å². The number of aliphatic hydroxyl groups excluding tert-OH is 1. The first-order valence-corrected chi connectivity index (χ1v) is 8.19. The SMILES string of the molecule is CCC(C)C(O)CNC(=O)C(c1ccccc1)c1ccccc1. The number of rotatable bonds is 7. The Labute approximate surface area is 138 Å². The predicted octanol–water partition coefficient (Wildman–Crippen LogP) is 3.34. The second-order valence-corrected chi connectivity index (χ2v) is 5.95. The van der Waals surface area contributed by atoms with Crippen LogP contribution in [0.25, 0.3) is 0 Å². The van der Waals surface area contributed by atoms with Gasteiger partial charge in [0.1, 0.15) is 0 Å². The summed E-state index contributed by atoms with van der Waals surface area (Å²) in [5.41, 5.74) is 1.91. The molecule has 1 amide bonds. The van der Waals surface area contributed by atoms with Crippen LogP contribution in [-0.2, 0) is 4.79 Å². The van der Waals surface area contributed by atoms with Crippen LogP contribution in [0.15, 0.2) is 60.7 Å². The molecule has 2 rings (SSSR count). The molecule has 0 fully saturated rings. The summed E-state index contributed by atoms with van der Waals surface area (Å²) in [6, 6.07) is 19.5. The zero-order valence-electron chi connectivity index (χ0n) is 13.8. The van der Waals surface area contributed by atoms with E-state index < -0.39 is 6.10 Å². The van der Waals surface area contributed by atoms with Gasteiger partial charge in [-0.3, -0.25) is 4.79 Å². The molecule has 3 nitrogen and oxygen atoms in total. The highest BCUT2D eigenvalue weighted by molar-refractivity contribution is 5.87. The molecule has 0 saturated carbocycles. The second-order valence-electron chi connectivity index (χ2n) is 5.95. The van der Waals surface area contributed by atoms with Crippen molar-refractivity contribution in [3.8, 4) is 0 Å². The lowest BCUT2D eigenvalue weighted by Crippen LogP contribution is -2.38. The summed E-state index contributed by atoms with van der Waals surface area (Å²) in [5.74, 6) is -0.270. The van der Waals surface area contributed by atoms with Gasteiger partial charge in [-0.25, -0.2) is 0 Å². The maximum atomic E-state index is 12.7. The minimum Gasteiger partial charge on any atom is -0.391 e. The summed E-state index contributed by atoms with van der Waals surface area (Å²) in [6.45, 7) is 4.30. The number of carbonyl (C=O) groups is 1. The molecule has 2 N–H and O–H groups in total. The van der Waals surface area contributed by atoms with Crippen LogP contribution in [0.4, 0.5) is 0 Å². The van der Waals surface area contributed by atoms with Crippen molar-refractivity contribution in [2.75, 3.05) is 6.54 Å². The van der Waals surface area contributed by atoms with Crippen molar-refractivity contribution in [3.63, 3.8) is 0 Å². The highest BCUT2D eigenvalue weighted by Gasteiger charge is 2.23. The summed E-state index contributed by atoms with van der Waals surface area (Å²) in [5, 5.41) is 13.0. The molecule has 122 valence electrons. The maximum absolute atomic E-state index is 12.7. The molecule has 2 atom stereocenters. The molecule has 0 bridgehead atoms. The molecule has 0 aromatic heterocycles. The third-order valence-corrected chi connectivity index (χ3v) is 4.31. The van der Waals surface area contributed by atoms with Crippen LogP contribution in [0, 0.1) is 5.92 Å². The van der Waals surface area contributed by atoms with Crippen molar-refractivity contribution in [2.45, 2.75) is 32.3 Å². The molecular weight excluding hydrogens is 286 g/mol. The van der Waals surface area contributed by atoms with Gasteiger partial charge in [-0.1, -0.05) is 80.9 Å². The summed E-state index contributed by atoms with van der Waals surface area (Å²) < 4.78 is 0. The van der Waals surface area contributed by atoms with E-state index in [1.54, 1.807) is 0 Å². The van der Waals surface area contributed by atoms with Gasteiger partial charge in [-0.2, -0.15) is 0 Å². The molecule has 2 aromatic rings. The van der Waals surface area contributed by atoms with E-state index >= 15 is 0 Å². The zero-order chi connectivity index (χ0) is 16.7. The number of hydrogen-bond donors (Lipinski definition) is 2. The first-order valence-electron chi connectivity index (χ1n) is 8.19.